The Morgan fingerprint density at radius 2 is 2.30 bits per heavy atom. The lowest BCUT2D eigenvalue weighted by atomic mass is 10.4. The second-order valence-electron chi connectivity index (χ2n) is 2.81. The Balaban J connectivity index is 2.35. The van der Waals surface area contributed by atoms with E-state index in [1.807, 2.05) is 0 Å². The third-order valence-corrected chi connectivity index (χ3v) is 5.22. The predicted molar refractivity (Wildman–Crippen MR) is 55.6 cm³/mol. The highest BCUT2D eigenvalue weighted by atomic mass is 32.2. The van der Waals surface area contributed by atoms with Crippen LogP contribution >= 0.6 is 22.2 Å². The molecular weight excluding hydrogens is 160 g/mol. The first-order valence-electron chi connectivity index (χ1n) is 3.88. The fraction of sp³-hybridized carbons (Fsp3) is 0.875. The van der Waals surface area contributed by atoms with Gasteiger partial charge in [0.1, 0.15) is 0 Å². The molecule has 0 aromatic carbocycles. The smallest absolute Gasteiger partial charge is 0.00285 e. The number of thioether (sulfide) groups is 1. The van der Waals surface area contributed by atoms with E-state index in [1.54, 1.807) is 0 Å². The molecule has 1 fully saturated rings. The highest BCUT2D eigenvalue weighted by Gasteiger charge is 2.07. The largest absolute Gasteiger partial charge is 0.190 e. The molecule has 1 heterocycles. The summed E-state index contributed by atoms with van der Waals surface area (Å²) in [6.07, 6.45) is 2.78. The monoisotopic (exact) mass is 176 g/mol. The summed E-state index contributed by atoms with van der Waals surface area (Å²) in [5.41, 5.74) is 0. The lowest BCUT2D eigenvalue weighted by Crippen LogP contribution is -2.06. The van der Waals surface area contributed by atoms with Gasteiger partial charge in [-0.1, -0.05) is 12.8 Å². The van der Waals surface area contributed by atoms with Crippen molar-refractivity contribution in [3.8, 4) is 0 Å². The minimum absolute atomic E-state index is 0.473. The quantitative estimate of drug-likeness (QED) is 0.511. The van der Waals surface area contributed by atoms with Gasteiger partial charge in [0.15, 0.2) is 0 Å². The molecule has 2 heteroatoms. The van der Waals surface area contributed by atoms with Crippen molar-refractivity contribution in [3.63, 3.8) is 0 Å². The van der Waals surface area contributed by atoms with Gasteiger partial charge >= 0.3 is 0 Å². The molecular formula is C8H16S2. The van der Waals surface area contributed by atoms with Crippen molar-refractivity contribution < 1.29 is 0 Å². The maximum atomic E-state index is 4.20. The van der Waals surface area contributed by atoms with Gasteiger partial charge in [0, 0.05) is 0 Å². The van der Waals surface area contributed by atoms with Crippen molar-refractivity contribution in [1.82, 2.24) is 0 Å². The Labute approximate surface area is 70.7 Å². The normalized spacial score (nSPS) is 36.5. The van der Waals surface area contributed by atoms with Gasteiger partial charge in [-0.15, -0.1) is 0 Å². The molecule has 0 saturated carbocycles. The van der Waals surface area contributed by atoms with Gasteiger partial charge in [0.05, 0.1) is 0 Å². The van der Waals surface area contributed by atoms with Crippen molar-refractivity contribution in [2.45, 2.75) is 25.0 Å². The lowest BCUT2D eigenvalue weighted by Gasteiger charge is -2.18. The highest BCUT2D eigenvalue weighted by molar-refractivity contribution is 8.14. The molecule has 2 atom stereocenters. The Hall–Kier alpha value is 0.570. The summed E-state index contributed by atoms with van der Waals surface area (Å²) < 4.78 is 0. The zero-order valence-electron chi connectivity index (χ0n) is 6.64. The van der Waals surface area contributed by atoms with Gasteiger partial charge in [0.2, 0.25) is 0 Å². The topological polar surface area (TPSA) is 0 Å². The van der Waals surface area contributed by atoms with E-state index in [4.69, 9.17) is 0 Å². The SMILES string of the molecule is C=S1CCCSCCC1C. The summed E-state index contributed by atoms with van der Waals surface area (Å²) >= 11 is 2.11. The first-order valence-corrected chi connectivity index (χ1v) is 6.66. The van der Waals surface area contributed by atoms with Crippen LogP contribution in [0.2, 0.25) is 0 Å². The molecule has 1 aliphatic rings. The molecule has 60 valence electrons. The van der Waals surface area contributed by atoms with Crippen LogP contribution in [-0.4, -0.2) is 28.4 Å². The molecule has 0 N–H and O–H groups in total. The molecule has 0 spiro atoms. The van der Waals surface area contributed by atoms with E-state index < -0.39 is 0 Å². The zero-order valence-corrected chi connectivity index (χ0v) is 8.27. The van der Waals surface area contributed by atoms with Crippen LogP contribution in [0.5, 0.6) is 0 Å². The first-order chi connectivity index (χ1) is 4.80. The van der Waals surface area contributed by atoms with Crippen molar-refractivity contribution in [1.29, 1.82) is 0 Å². The van der Waals surface area contributed by atoms with Crippen LogP contribution in [0.25, 0.3) is 0 Å². The van der Waals surface area contributed by atoms with E-state index >= 15 is 0 Å². The summed E-state index contributed by atoms with van der Waals surface area (Å²) in [4.78, 5) is 0. The van der Waals surface area contributed by atoms with Gasteiger partial charge in [-0.2, -0.15) is 22.2 Å². The van der Waals surface area contributed by atoms with Crippen molar-refractivity contribution in [2.75, 3.05) is 17.3 Å². The minimum atomic E-state index is 0.473. The summed E-state index contributed by atoms with van der Waals surface area (Å²) in [6.45, 7) is 2.35. The van der Waals surface area contributed by atoms with Crippen molar-refractivity contribution in [3.05, 3.63) is 0 Å². The standard InChI is InChI=1S/C8H16S2/c1-8-4-6-9-5-3-7-10(8)2/h8H,2-7H2,1H3. The van der Waals surface area contributed by atoms with Crippen LogP contribution in [0, 0.1) is 0 Å². The van der Waals surface area contributed by atoms with Gasteiger partial charge in [-0.3, -0.25) is 0 Å². The Kier molecular flexibility index (Phi) is 3.85. The van der Waals surface area contributed by atoms with Gasteiger partial charge in [-0.25, -0.2) is 0 Å². The average molecular weight is 176 g/mol. The van der Waals surface area contributed by atoms with Crippen molar-refractivity contribution >= 4 is 28.1 Å². The highest BCUT2D eigenvalue weighted by Crippen LogP contribution is 2.26. The van der Waals surface area contributed by atoms with Crippen LogP contribution in [0.4, 0.5) is 0 Å². The molecule has 0 aromatic rings. The summed E-state index contributed by atoms with van der Waals surface area (Å²) in [6, 6.07) is 0. The van der Waals surface area contributed by atoms with Crippen LogP contribution in [0.15, 0.2) is 0 Å². The Bertz CT molecular complexity index is 120. The summed E-state index contributed by atoms with van der Waals surface area (Å²) in [5.74, 6) is 8.30. The van der Waals surface area contributed by atoms with Crippen LogP contribution in [0.1, 0.15) is 19.8 Å². The minimum Gasteiger partial charge on any atom is -0.190 e. The maximum absolute atomic E-state index is 4.20. The van der Waals surface area contributed by atoms with Crippen LogP contribution < -0.4 is 0 Å². The summed E-state index contributed by atoms with van der Waals surface area (Å²) in [5, 5.41) is 0.882. The van der Waals surface area contributed by atoms with E-state index in [1.165, 1.54) is 30.1 Å². The van der Waals surface area contributed by atoms with E-state index in [0.29, 0.717) is 10.5 Å². The first kappa shape index (κ1) is 8.66. The Morgan fingerprint density at radius 1 is 1.50 bits per heavy atom. The van der Waals surface area contributed by atoms with E-state index in [2.05, 4.69) is 24.6 Å². The molecule has 0 aromatic heterocycles. The molecule has 1 aliphatic heterocycles. The number of rotatable bonds is 0. The predicted octanol–water partition coefficient (Wildman–Crippen LogP) is 2.60. The van der Waals surface area contributed by atoms with Crippen LogP contribution in [-0.2, 0) is 0 Å². The molecule has 0 nitrogen and oxygen atoms in total. The van der Waals surface area contributed by atoms with Gasteiger partial charge in [-0.05, 0) is 35.4 Å². The third-order valence-electron chi connectivity index (χ3n) is 1.93. The number of hydrogen-bond acceptors (Lipinski definition) is 1. The van der Waals surface area contributed by atoms with E-state index in [-0.39, 0.29) is 0 Å². The van der Waals surface area contributed by atoms with Crippen LogP contribution in [0.3, 0.4) is 0 Å². The zero-order chi connectivity index (χ0) is 7.40. The fourth-order valence-electron chi connectivity index (χ4n) is 1.07. The van der Waals surface area contributed by atoms with Gasteiger partial charge < -0.3 is 0 Å². The van der Waals surface area contributed by atoms with Crippen molar-refractivity contribution in [2.24, 2.45) is 0 Å². The summed E-state index contributed by atoms with van der Waals surface area (Å²) in [7, 11) is 0.473. The third kappa shape index (κ3) is 2.67. The Morgan fingerprint density at radius 3 is 3.10 bits per heavy atom. The molecule has 0 aliphatic carbocycles. The van der Waals surface area contributed by atoms with E-state index in [0.717, 1.165) is 5.25 Å². The molecule has 1 rings (SSSR count). The molecule has 1 saturated heterocycles. The maximum Gasteiger partial charge on any atom is -0.00285 e. The fourth-order valence-corrected chi connectivity index (χ4v) is 3.84. The molecule has 0 radical (unpaired) electrons. The lowest BCUT2D eigenvalue weighted by molar-refractivity contribution is 0.903. The molecule has 10 heavy (non-hydrogen) atoms. The average Bonchev–Trinajstić information content (AvgIpc) is 1.92. The van der Waals surface area contributed by atoms with Gasteiger partial charge in [0.25, 0.3) is 0 Å². The second-order valence-corrected chi connectivity index (χ2v) is 6.32. The molecule has 0 bridgehead atoms. The molecule has 0 amide bonds. The van der Waals surface area contributed by atoms with E-state index in [9.17, 15) is 0 Å². The number of hydrogen-bond donors (Lipinski definition) is 0. The molecule has 2 unspecified atom stereocenters. The second kappa shape index (κ2) is 4.45.